The van der Waals surface area contributed by atoms with E-state index in [0.29, 0.717) is 25.8 Å². The van der Waals surface area contributed by atoms with Gasteiger partial charge in [0.05, 0.1) is 5.69 Å². The molecule has 1 aromatic carbocycles. The molecule has 1 heterocycles. The van der Waals surface area contributed by atoms with E-state index in [2.05, 4.69) is 10.6 Å². The molecule has 170 valence electrons. The summed E-state index contributed by atoms with van der Waals surface area (Å²) >= 11 is 0. The molecule has 1 aliphatic carbocycles. The molecule has 0 bridgehead atoms. The number of nitrogens with one attached hydrogen (secondary N) is 2. The Kier molecular flexibility index (Phi) is 8.04. The molecule has 3 amide bonds. The van der Waals surface area contributed by atoms with Crippen LogP contribution < -0.4 is 10.6 Å². The lowest BCUT2D eigenvalue weighted by Gasteiger charge is -2.35. The predicted octanol–water partition coefficient (Wildman–Crippen LogP) is 3.87. The van der Waals surface area contributed by atoms with Gasteiger partial charge in [0, 0.05) is 12.5 Å². The third-order valence-corrected chi connectivity index (χ3v) is 6.72. The van der Waals surface area contributed by atoms with E-state index in [1.165, 1.54) is 12.1 Å². The lowest BCUT2D eigenvalue weighted by Crippen LogP contribution is -2.56. The second-order valence-corrected chi connectivity index (χ2v) is 8.85. The SMILES string of the molecule is CC[C@@H](C)C(=O)N[C@H](C(=O)N1CCC[C@H]1C(=O)Nc1ccccc1F)C1CCCCC1. The maximum absolute atomic E-state index is 14.0. The first kappa shape index (κ1) is 23.2. The third-order valence-electron chi connectivity index (χ3n) is 6.72. The van der Waals surface area contributed by atoms with Crippen molar-refractivity contribution in [3.8, 4) is 0 Å². The van der Waals surface area contributed by atoms with Gasteiger partial charge in [0.2, 0.25) is 17.7 Å². The second kappa shape index (κ2) is 10.7. The zero-order valence-corrected chi connectivity index (χ0v) is 18.5. The molecule has 6 nitrogen and oxygen atoms in total. The minimum absolute atomic E-state index is 0.0881. The number of hydrogen-bond acceptors (Lipinski definition) is 3. The number of para-hydroxylation sites is 1. The van der Waals surface area contributed by atoms with Gasteiger partial charge in [0.15, 0.2) is 0 Å². The molecule has 2 N–H and O–H groups in total. The van der Waals surface area contributed by atoms with Gasteiger partial charge in [-0.15, -0.1) is 0 Å². The molecular weight excluding hydrogens is 397 g/mol. The summed E-state index contributed by atoms with van der Waals surface area (Å²) in [4.78, 5) is 40.7. The summed E-state index contributed by atoms with van der Waals surface area (Å²) in [6.07, 6.45) is 6.98. The molecule has 31 heavy (non-hydrogen) atoms. The number of amides is 3. The Morgan fingerprint density at radius 2 is 1.81 bits per heavy atom. The van der Waals surface area contributed by atoms with E-state index in [-0.39, 0.29) is 35.2 Å². The molecular formula is C24H34FN3O3. The normalized spacial score (nSPS) is 21.4. The number of hydrogen-bond donors (Lipinski definition) is 2. The van der Waals surface area contributed by atoms with Gasteiger partial charge in [-0.1, -0.05) is 45.2 Å². The Bertz CT molecular complexity index is 794. The van der Waals surface area contributed by atoms with Crippen LogP contribution in [0.25, 0.3) is 0 Å². The highest BCUT2D eigenvalue weighted by atomic mass is 19.1. The van der Waals surface area contributed by atoms with Gasteiger partial charge in [-0.25, -0.2) is 4.39 Å². The zero-order chi connectivity index (χ0) is 22.4. The fourth-order valence-electron chi connectivity index (χ4n) is 4.59. The second-order valence-electron chi connectivity index (χ2n) is 8.85. The van der Waals surface area contributed by atoms with E-state index in [0.717, 1.165) is 32.1 Å². The molecule has 2 aliphatic rings. The van der Waals surface area contributed by atoms with E-state index in [9.17, 15) is 18.8 Å². The van der Waals surface area contributed by atoms with Crippen molar-refractivity contribution in [1.29, 1.82) is 0 Å². The highest BCUT2D eigenvalue weighted by molar-refractivity contribution is 5.99. The van der Waals surface area contributed by atoms with Crippen molar-refractivity contribution in [2.45, 2.75) is 77.3 Å². The van der Waals surface area contributed by atoms with Crippen molar-refractivity contribution >= 4 is 23.4 Å². The van der Waals surface area contributed by atoms with Gasteiger partial charge in [-0.2, -0.15) is 0 Å². The molecule has 0 radical (unpaired) electrons. The molecule has 7 heteroatoms. The van der Waals surface area contributed by atoms with Crippen LogP contribution in [0.1, 0.15) is 65.2 Å². The number of likely N-dealkylation sites (tertiary alicyclic amines) is 1. The van der Waals surface area contributed by atoms with E-state index in [1.807, 2.05) is 13.8 Å². The third kappa shape index (κ3) is 5.63. The van der Waals surface area contributed by atoms with Crippen molar-refractivity contribution in [3.05, 3.63) is 30.1 Å². The van der Waals surface area contributed by atoms with Crippen molar-refractivity contribution in [2.24, 2.45) is 11.8 Å². The van der Waals surface area contributed by atoms with Gasteiger partial charge in [-0.3, -0.25) is 14.4 Å². The maximum atomic E-state index is 14.0. The number of nitrogens with zero attached hydrogens (tertiary/aromatic N) is 1. The number of rotatable bonds is 7. The summed E-state index contributed by atoms with van der Waals surface area (Å²) in [5, 5.41) is 5.64. The van der Waals surface area contributed by atoms with Crippen LogP contribution in [0.3, 0.4) is 0 Å². The topological polar surface area (TPSA) is 78.5 Å². The Morgan fingerprint density at radius 1 is 1.10 bits per heavy atom. The monoisotopic (exact) mass is 431 g/mol. The lowest BCUT2D eigenvalue weighted by molar-refractivity contribution is -0.142. The first-order valence-corrected chi connectivity index (χ1v) is 11.6. The van der Waals surface area contributed by atoms with Crippen LogP contribution in [-0.4, -0.2) is 41.2 Å². The van der Waals surface area contributed by atoms with E-state index in [1.54, 1.807) is 17.0 Å². The molecule has 1 aromatic rings. The fourth-order valence-corrected chi connectivity index (χ4v) is 4.59. The minimum Gasteiger partial charge on any atom is -0.344 e. The van der Waals surface area contributed by atoms with Crippen LogP contribution in [0.15, 0.2) is 24.3 Å². The van der Waals surface area contributed by atoms with Gasteiger partial charge in [0.1, 0.15) is 17.9 Å². The molecule has 1 saturated heterocycles. The smallest absolute Gasteiger partial charge is 0.247 e. The van der Waals surface area contributed by atoms with Crippen molar-refractivity contribution in [2.75, 3.05) is 11.9 Å². The Hall–Kier alpha value is -2.44. The van der Waals surface area contributed by atoms with Crippen LogP contribution in [0, 0.1) is 17.7 Å². The van der Waals surface area contributed by atoms with Crippen LogP contribution in [0.5, 0.6) is 0 Å². The quantitative estimate of drug-likeness (QED) is 0.688. The van der Waals surface area contributed by atoms with Crippen LogP contribution in [0.4, 0.5) is 10.1 Å². The predicted molar refractivity (Wildman–Crippen MR) is 118 cm³/mol. The van der Waals surface area contributed by atoms with Gasteiger partial charge >= 0.3 is 0 Å². The number of halogens is 1. The molecule has 0 unspecified atom stereocenters. The van der Waals surface area contributed by atoms with Gasteiger partial charge in [0.25, 0.3) is 0 Å². The summed E-state index contributed by atoms with van der Waals surface area (Å²) < 4.78 is 14.0. The van der Waals surface area contributed by atoms with Crippen LogP contribution in [0.2, 0.25) is 0 Å². The lowest BCUT2D eigenvalue weighted by atomic mass is 9.83. The molecule has 0 spiro atoms. The molecule has 0 aromatic heterocycles. The van der Waals surface area contributed by atoms with Gasteiger partial charge in [-0.05, 0) is 50.2 Å². The number of benzene rings is 1. The minimum atomic E-state index is -0.654. The maximum Gasteiger partial charge on any atom is 0.247 e. The summed E-state index contributed by atoms with van der Waals surface area (Å²) in [5.74, 6) is -1.27. The van der Waals surface area contributed by atoms with E-state index in [4.69, 9.17) is 0 Å². The zero-order valence-electron chi connectivity index (χ0n) is 18.5. The molecule has 1 saturated carbocycles. The van der Waals surface area contributed by atoms with Crippen LogP contribution in [-0.2, 0) is 14.4 Å². The summed E-state index contributed by atoms with van der Waals surface area (Å²) in [7, 11) is 0. The molecule has 3 atom stereocenters. The Morgan fingerprint density at radius 3 is 2.48 bits per heavy atom. The average Bonchev–Trinajstić information content (AvgIpc) is 3.28. The number of carbonyl (C=O) groups excluding carboxylic acids is 3. The highest BCUT2D eigenvalue weighted by Gasteiger charge is 2.41. The number of carbonyl (C=O) groups is 3. The number of anilines is 1. The van der Waals surface area contributed by atoms with Gasteiger partial charge < -0.3 is 15.5 Å². The summed E-state index contributed by atoms with van der Waals surface area (Å²) in [6.45, 7) is 4.28. The summed E-state index contributed by atoms with van der Waals surface area (Å²) in [6, 6.07) is 4.75. The Balaban J connectivity index is 1.75. The van der Waals surface area contributed by atoms with E-state index >= 15 is 0 Å². The van der Waals surface area contributed by atoms with Crippen molar-refractivity contribution < 1.29 is 18.8 Å². The van der Waals surface area contributed by atoms with Crippen molar-refractivity contribution in [1.82, 2.24) is 10.2 Å². The first-order chi connectivity index (χ1) is 14.9. The first-order valence-electron chi connectivity index (χ1n) is 11.6. The highest BCUT2D eigenvalue weighted by Crippen LogP contribution is 2.30. The van der Waals surface area contributed by atoms with Crippen molar-refractivity contribution in [3.63, 3.8) is 0 Å². The summed E-state index contributed by atoms with van der Waals surface area (Å²) in [5.41, 5.74) is 0.112. The van der Waals surface area contributed by atoms with Crippen LogP contribution >= 0.6 is 0 Å². The standard InChI is InChI=1S/C24H34FN3O3/c1-3-16(2)22(29)27-21(17-10-5-4-6-11-17)24(31)28-15-9-14-20(28)23(30)26-19-13-8-7-12-18(19)25/h7-8,12-13,16-17,20-21H,3-6,9-11,14-15H2,1-2H3,(H,26,30)(H,27,29)/t16-,20+,21+/m1/s1. The average molecular weight is 432 g/mol. The fraction of sp³-hybridized carbons (Fsp3) is 0.625. The Labute approximate surface area is 183 Å². The largest absolute Gasteiger partial charge is 0.344 e. The molecule has 2 fully saturated rings. The molecule has 3 rings (SSSR count). The molecule has 1 aliphatic heterocycles. The van der Waals surface area contributed by atoms with E-state index < -0.39 is 17.9 Å².